The Bertz CT molecular complexity index is 774. The van der Waals surface area contributed by atoms with E-state index in [0.717, 1.165) is 26.4 Å². The molecule has 1 aliphatic rings. The van der Waals surface area contributed by atoms with E-state index in [9.17, 15) is 9.59 Å². The first-order valence-corrected chi connectivity index (χ1v) is 9.26. The molecule has 1 fully saturated rings. The van der Waals surface area contributed by atoms with Gasteiger partial charge in [0.2, 0.25) is 5.89 Å². The number of nitrogens with zero attached hydrogens (tertiary/aromatic N) is 3. The first-order chi connectivity index (χ1) is 11.4. The van der Waals surface area contributed by atoms with Crippen molar-refractivity contribution in [1.82, 2.24) is 20.4 Å². The molecule has 0 aliphatic carbocycles. The quantitative estimate of drug-likeness (QED) is 0.735. The van der Waals surface area contributed by atoms with E-state index in [2.05, 4.69) is 38.3 Å². The fourth-order valence-corrected chi connectivity index (χ4v) is 4.00. The van der Waals surface area contributed by atoms with Crippen molar-refractivity contribution in [2.75, 3.05) is 0 Å². The normalized spacial score (nSPS) is 20.7. The highest BCUT2D eigenvalue weighted by Gasteiger charge is 2.50. The van der Waals surface area contributed by atoms with Crippen LogP contribution in [0, 0.1) is 0 Å². The third-order valence-electron chi connectivity index (χ3n) is 3.89. The van der Waals surface area contributed by atoms with E-state index < -0.39 is 11.6 Å². The number of hydrogen-bond acceptors (Lipinski definition) is 6. The first kappa shape index (κ1) is 17.1. The number of imide groups is 1. The highest BCUT2D eigenvalue weighted by Crippen LogP contribution is 2.35. The molecular formula is C15H17BrN4O3S. The van der Waals surface area contributed by atoms with E-state index >= 15 is 0 Å². The lowest BCUT2D eigenvalue weighted by molar-refractivity contribution is -0.131. The third kappa shape index (κ3) is 3.10. The molecule has 0 saturated carbocycles. The monoisotopic (exact) mass is 412 g/mol. The van der Waals surface area contributed by atoms with Gasteiger partial charge in [0.05, 0.1) is 10.3 Å². The summed E-state index contributed by atoms with van der Waals surface area (Å²) in [5, 5.41) is 6.62. The van der Waals surface area contributed by atoms with Crippen LogP contribution in [-0.2, 0) is 23.3 Å². The van der Waals surface area contributed by atoms with Crippen LogP contribution in [0.3, 0.4) is 0 Å². The molecule has 3 heterocycles. The van der Waals surface area contributed by atoms with Crippen LogP contribution in [-0.4, -0.2) is 27.0 Å². The maximum atomic E-state index is 12.8. The number of unbranched alkanes of at least 4 members (excludes halogenated alkanes) is 1. The number of aromatic nitrogens is 2. The van der Waals surface area contributed by atoms with Gasteiger partial charge in [0.15, 0.2) is 11.4 Å². The Labute approximate surface area is 151 Å². The molecule has 7 nitrogen and oxygen atoms in total. The van der Waals surface area contributed by atoms with Crippen LogP contribution in [0.25, 0.3) is 0 Å². The van der Waals surface area contributed by atoms with Crippen molar-refractivity contribution in [2.45, 2.75) is 45.2 Å². The van der Waals surface area contributed by atoms with Gasteiger partial charge in [-0.15, -0.1) is 11.3 Å². The van der Waals surface area contributed by atoms with E-state index in [1.165, 1.54) is 11.3 Å². The van der Waals surface area contributed by atoms with Crippen molar-refractivity contribution in [3.05, 3.63) is 32.5 Å². The van der Waals surface area contributed by atoms with Gasteiger partial charge in [-0.3, -0.25) is 9.69 Å². The fourth-order valence-electron chi connectivity index (χ4n) is 2.52. The van der Waals surface area contributed by atoms with Gasteiger partial charge in [-0.25, -0.2) is 4.79 Å². The van der Waals surface area contributed by atoms with Crippen LogP contribution in [0.1, 0.15) is 43.3 Å². The lowest BCUT2D eigenvalue weighted by atomic mass is 10.0. The van der Waals surface area contributed by atoms with Gasteiger partial charge in [-0.2, -0.15) is 4.98 Å². The molecule has 9 heteroatoms. The van der Waals surface area contributed by atoms with Gasteiger partial charge in [0, 0.05) is 11.3 Å². The molecule has 0 bridgehead atoms. The Morgan fingerprint density at radius 3 is 2.88 bits per heavy atom. The van der Waals surface area contributed by atoms with Gasteiger partial charge >= 0.3 is 6.03 Å². The van der Waals surface area contributed by atoms with E-state index in [4.69, 9.17) is 4.52 Å². The van der Waals surface area contributed by atoms with Gasteiger partial charge < -0.3 is 9.84 Å². The van der Waals surface area contributed by atoms with Gasteiger partial charge in [0.1, 0.15) is 0 Å². The smallest absolute Gasteiger partial charge is 0.325 e. The largest absolute Gasteiger partial charge is 0.339 e. The van der Waals surface area contributed by atoms with Crippen LogP contribution in [0.4, 0.5) is 4.79 Å². The number of urea groups is 1. The average Bonchev–Trinajstić information content (AvgIpc) is 3.22. The van der Waals surface area contributed by atoms with E-state index in [1.54, 1.807) is 6.92 Å². The molecule has 3 amide bonds. The number of rotatable bonds is 6. The summed E-state index contributed by atoms with van der Waals surface area (Å²) in [6.07, 6.45) is 2.68. The summed E-state index contributed by atoms with van der Waals surface area (Å²) in [5.41, 5.74) is -1.07. The number of amides is 3. The van der Waals surface area contributed by atoms with E-state index in [-0.39, 0.29) is 12.5 Å². The Hall–Kier alpha value is -1.74. The maximum Gasteiger partial charge on any atom is 0.325 e. The summed E-state index contributed by atoms with van der Waals surface area (Å²) in [6, 6.07) is 3.23. The molecule has 1 N–H and O–H groups in total. The molecule has 128 valence electrons. The standard InChI is InChI=1S/C15H17BrN4O3S/c1-3-4-5-12-17-11(19-23-12)8-20-13(21)15(2,18-14(20)22)9-6-7-10(16)24-9/h6-7H,3-5,8H2,1-2H3,(H,18,22). The number of nitrogens with one attached hydrogen (secondary N) is 1. The molecule has 24 heavy (non-hydrogen) atoms. The fraction of sp³-hybridized carbons (Fsp3) is 0.467. The average molecular weight is 413 g/mol. The van der Waals surface area contributed by atoms with Crippen LogP contribution in [0.2, 0.25) is 0 Å². The summed E-state index contributed by atoms with van der Waals surface area (Å²) >= 11 is 4.80. The maximum absolute atomic E-state index is 12.8. The molecular weight excluding hydrogens is 396 g/mol. The van der Waals surface area contributed by atoms with Crippen molar-refractivity contribution < 1.29 is 14.1 Å². The van der Waals surface area contributed by atoms with Gasteiger partial charge in [0.25, 0.3) is 5.91 Å². The van der Waals surface area contributed by atoms with Crippen molar-refractivity contribution in [2.24, 2.45) is 0 Å². The molecule has 3 rings (SSSR count). The zero-order valence-electron chi connectivity index (χ0n) is 13.3. The summed E-state index contributed by atoms with van der Waals surface area (Å²) in [5.74, 6) is 0.548. The Morgan fingerprint density at radius 1 is 1.42 bits per heavy atom. The Morgan fingerprint density at radius 2 is 2.21 bits per heavy atom. The number of carbonyl (C=O) groups excluding carboxylic acids is 2. The Balaban J connectivity index is 1.76. The second-order valence-electron chi connectivity index (χ2n) is 5.76. The molecule has 2 aromatic rings. The second kappa shape index (κ2) is 6.64. The number of thiophene rings is 1. The zero-order valence-corrected chi connectivity index (χ0v) is 15.7. The lowest BCUT2D eigenvalue weighted by Crippen LogP contribution is -2.40. The summed E-state index contributed by atoms with van der Waals surface area (Å²) < 4.78 is 6.05. The second-order valence-corrected chi connectivity index (χ2v) is 8.22. The van der Waals surface area contributed by atoms with Crippen LogP contribution in [0.15, 0.2) is 20.4 Å². The summed E-state index contributed by atoms with van der Waals surface area (Å²) in [7, 11) is 0. The number of halogens is 1. The summed E-state index contributed by atoms with van der Waals surface area (Å²) in [6.45, 7) is 3.78. The van der Waals surface area contributed by atoms with E-state index in [0.29, 0.717) is 18.1 Å². The van der Waals surface area contributed by atoms with Gasteiger partial charge in [-0.1, -0.05) is 18.5 Å². The predicted octanol–water partition coefficient (Wildman–Crippen LogP) is 3.20. The molecule has 1 unspecified atom stereocenters. The molecule has 1 atom stereocenters. The van der Waals surface area contributed by atoms with Gasteiger partial charge in [-0.05, 0) is 41.4 Å². The zero-order chi connectivity index (χ0) is 17.3. The summed E-state index contributed by atoms with van der Waals surface area (Å²) in [4.78, 5) is 31.2. The molecule has 1 aliphatic heterocycles. The minimum absolute atomic E-state index is 0.00241. The van der Waals surface area contributed by atoms with Crippen molar-refractivity contribution in [3.63, 3.8) is 0 Å². The number of carbonyl (C=O) groups is 2. The first-order valence-electron chi connectivity index (χ1n) is 7.65. The minimum atomic E-state index is -1.07. The van der Waals surface area contributed by atoms with Crippen molar-refractivity contribution in [3.8, 4) is 0 Å². The van der Waals surface area contributed by atoms with Crippen LogP contribution in [0.5, 0.6) is 0 Å². The topological polar surface area (TPSA) is 88.3 Å². The van der Waals surface area contributed by atoms with Crippen molar-refractivity contribution in [1.29, 1.82) is 0 Å². The highest BCUT2D eigenvalue weighted by molar-refractivity contribution is 9.11. The molecule has 1 saturated heterocycles. The minimum Gasteiger partial charge on any atom is -0.339 e. The number of hydrogen-bond donors (Lipinski definition) is 1. The lowest BCUT2D eigenvalue weighted by Gasteiger charge is -2.19. The van der Waals surface area contributed by atoms with E-state index in [1.807, 2.05) is 12.1 Å². The SMILES string of the molecule is CCCCc1nc(CN2C(=O)NC(C)(c3ccc(Br)s3)C2=O)no1. The van der Waals surface area contributed by atoms with Crippen molar-refractivity contribution >= 4 is 39.2 Å². The molecule has 0 radical (unpaired) electrons. The van der Waals surface area contributed by atoms with Crippen LogP contribution >= 0.6 is 27.3 Å². The molecule has 2 aromatic heterocycles. The predicted molar refractivity (Wildman–Crippen MR) is 91.4 cm³/mol. The molecule has 0 spiro atoms. The van der Waals surface area contributed by atoms with Crippen LogP contribution < -0.4 is 5.32 Å². The highest BCUT2D eigenvalue weighted by atomic mass is 79.9. The Kier molecular flexibility index (Phi) is 4.73. The number of aryl methyl sites for hydroxylation is 1. The third-order valence-corrected chi connectivity index (χ3v) is 5.74. The molecule has 0 aromatic carbocycles.